The molecule has 33 heavy (non-hydrogen) atoms. The predicted molar refractivity (Wildman–Crippen MR) is 120 cm³/mol. The van der Waals surface area contributed by atoms with Crippen LogP contribution < -0.4 is 5.32 Å². The van der Waals surface area contributed by atoms with E-state index < -0.39 is 23.5 Å². The number of carbonyl (C=O) groups excluding carboxylic acids is 1. The molecule has 1 aromatic heterocycles. The molecule has 3 aromatic carbocycles. The van der Waals surface area contributed by atoms with E-state index in [9.17, 15) is 18.4 Å². The van der Waals surface area contributed by atoms with E-state index in [2.05, 4.69) is 10.3 Å². The Kier molecular flexibility index (Phi) is 6.19. The molecule has 0 bridgehead atoms. The Morgan fingerprint density at radius 1 is 1.06 bits per heavy atom. The average molecular weight is 469 g/mol. The predicted octanol–water partition coefficient (Wildman–Crippen LogP) is 5.71. The molecule has 0 aliphatic carbocycles. The molecule has 1 amide bonds. The number of carboxylic acid groups (broad SMARTS) is 1. The molecule has 0 saturated carbocycles. The first-order valence-electron chi connectivity index (χ1n) is 9.64. The van der Waals surface area contributed by atoms with Crippen molar-refractivity contribution in [3.05, 3.63) is 88.5 Å². The van der Waals surface area contributed by atoms with E-state index >= 15 is 0 Å². The van der Waals surface area contributed by atoms with Crippen LogP contribution in [0.4, 0.5) is 14.5 Å². The molecule has 1 heterocycles. The highest BCUT2D eigenvalue weighted by atomic mass is 35.5. The SMILES string of the molecule is O=C(O)Cc1ccc2oc(-c3ccc(/C=C/C(=O)Nc4ccc(F)c(Cl)c4)cc3F)nc2c1. The van der Waals surface area contributed by atoms with Gasteiger partial charge in [0.15, 0.2) is 5.58 Å². The van der Waals surface area contributed by atoms with Crippen molar-refractivity contribution in [3.8, 4) is 11.5 Å². The smallest absolute Gasteiger partial charge is 0.307 e. The van der Waals surface area contributed by atoms with Crippen molar-refractivity contribution in [2.24, 2.45) is 0 Å². The third kappa shape index (κ3) is 5.24. The van der Waals surface area contributed by atoms with Crippen LogP contribution in [-0.4, -0.2) is 22.0 Å². The maximum atomic E-state index is 14.7. The number of nitrogens with zero attached hydrogens (tertiary/aromatic N) is 1. The molecule has 166 valence electrons. The summed E-state index contributed by atoms with van der Waals surface area (Å²) in [4.78, 5) is 27.2. The highest BCUT2D eigenvalue weighted by molar-refractivity contribution is 6.31. The first-order chi connectivity index (χ1) is 15.8. The van der Waals surface area contributed by atoms with Gasteiger partial charge in [0.25, 0.3) is 0 Å². The van der Waals surface area contributed by atoms with Gasteiger partial charge >= 0.3 is 5.97 Å². The van der Waals surface area contributed by atoms with Gasteiger partial charge in [0.2, 0.25) is 11.8 Å². The molecule has 0 spiro atoms. The Balaban J connectivity index is 1.50. The highest BCUT2D eigenvalue weighted by Crippen LogP contribution is 2.28. The molecular formula is C24H15ClF2N2O4. The Morgan fingerprint density at radius 2 is 1.88 bits per heavy atom. The quantitative estimate of drug-likeness (QED) is 0.354. The molecule has 2 N–H and O–H groups in total. The van der Waals surface area contributed by atoms with Crippen LogP contribution in [0.25, 0.3) is 28.6 Å². The summed E-state index contributed by atoms with van der Waals surface area (Å²) in [6, 6.07) is 12.8. The van der Waals surface area contributed by atoms with Gasteiger partial charge in [-0.15, -0.1) is 0 Å². The van der Waals surface area contributed by atoms with Crippen LogP contribution in [0.3, 0.4) is 0 Å². The summed E-state index contributed by atoms with van der Waals surface area (Å²) in [6.45, 7) is 0. The minimum Gasteiger partial charge on any atom is -0.481 e. The molecule has 0 radical (unpaired) electrons. The van der Waals surface area contributed by atoms with Crippen molar-refractivity contribution in [2.45, 2.75) is 6.42 Å². The zero-order valence-electron chi connectivity index (χ0n) is 16.8. The lowest BCUT2D eigenvalue weighted by Crippen LogP contribution is -2.07. The monoisotopic (exact) mass is 468 g/mol. The van der Waals surface area contributed by atoms with Crippen LogP contribution >= 0.6 is 11.6 Å². The third-order valence-corrected chi connectivity index (χ3v) is 4.93. The van der Waals surface area contributed by atoms with E-state index in [1.54, 1.807) is 24.3 Å². The number of hydrogen-bond acceptors (Lipinski definition) is 4. The van der Waals surface area contributed by atoms with E-state index in [1.165, 1.54) is 36.4 Å². The second kappa shape index (κ2) is 9.22. The maximum absolute atomic E-state index is 14.7. The molecule has 0 fully saturated rings. The molecule has 0 unspecified atom stereocenters. The van der Waals surface area contributed by atoms with Crippen molar-refractivity contribution in [1.29, 1.82) is 0 Å². The zero-order chi connectivity index (χ0) is 23.5. The lowest BCUT2D eigenvalue weighted by Gasteiger charge is -2.03. The minimum atomic E-state index is -0.970. The van der Waals surface area contributed by atoms with Crippen LogP contribution in [-0.2, 0) is 16.0 Å². The summed E-state index contributed by atoms with van der Waals surface area (Å²) >= 11 is 5.68. The van der Waals surface area contributed by atoms with Gasteiger partial charge < -0.3 is 14.8 Å². The van der Waals surface area contributed by atoms with E-state index in [0.29, 0.717) is 27.9 Å². The number of carboxylic acids is 1. The normalized spacial score (nSPS) is 11.2. The number of rotatable bonds is 6. The summed E-state index contributed by atoms with van der Waals surface area (Å²) < 4.78 is 33.5. The van der Waals surface area contributed by atoms with Crippen molar-refractivity contribution in [1.82, 2.24) is 4.98 Å². The average Bonchev–Trinajstić information content (AvgIpc) is 3.17. The van der Waals surface area contributed by atoms with Gasteiger partial charge in [0, 0.05) is 11.8 Å². The number of fused-ring (bicyclic) bond motifs is 1. The summed E-state index contributed by atoms with van der Waals surface area (Å²) in [5.74, 6) is -2.63. The Hall–Kier alpha value is -4.04. The number of carbonyl (C=O) groups is 2. The molecule has 4 aromatic rings. The molecule has 0 atom stereocenters. The van der Waals surface area contributed by atoms with Crippen LogP contribution in [0, 0.1) is 11.6 Å². The number of aromatic nitrogens is 1. The van der Waals surface area contributed by atoms with Gasteiger partial charge in [-0.25, -0.2) is 13.8 Å². The number of amides is 1. The second-order valence-electron chi connectivity index (χ2n) is 7.08. The molecule has 0 saturated heterocycles. The highest BCUT2D eigenvalue weighted by Gasteiger charge is 2.14. The van der Waals surface area contributed by atoms with Crippen LogP contribution in [0.15, 0.2) is 65.1 Å². The summed E-state index contributed by atoms with van der Waals surface area (Å²) in [5, 5.41) is 11.3. The first-order valence-corrected chi connectivity index (χ1v) is 10.0. The van der Waals surface area contributed by atoms with E-state index in [0.717, 1.165) is 6.07 Å². The van der Waals surface area contributed by atoms with Crippen LogP contribution in [0.1, 0.15) is 11.1 Å². The number of benzene rings is 3. The van der Waals surface area contributed by atoms with Crippen molar-refractivity contribution in [3.63, 3.8) is 0 Å². The largest absolute Gasteiger partial charge is 0.481 e. The van der Waals surface area contributed by atoms with Gasteiger partial charge in [-0.3, -0.25) is 9.59 Å². The molecule has 4 rings (SSSR count). The fraction of sp³-hybridized carbons (Fsp3) is 0.0417. The summed E-state index contributed by atoms with van der Waals surface area (Å²) in [6.07, 6.45) is 2.46. The summed E-state index contributed by atoms with van der Waals surface area (Å²) in [7, 11) is 0. The van der Waals surface area contributed by atoms with Gasteiger partial charge in [-0.05, 0) is 59.7 Å². The van der Waals surface area contributed by atoms with E-state index in [-0.39, 0.29) is 22.9 Å². The van der Waals surface area contributed by atoms with Crippen LogP contribution in [0.5, 0.6) is 0 Å². The van der Waals surface area contributed by atoms with Gasteiger partial charge in [-0.1, -0.05) is 23.7 Å². The minimum absolute atomic E-state index is 0.0523. The van der Waals surface area contributed by atoms with Crippen LogP contribution in [0.2, 0.25) is 5.02 Å². The molecule has 0 aliphatic rings. The Labute approximate surface area is 191 Å². The van der Waals surface area contributed by atoms with Crippen molar-refractivity contribution >= 4 is 46.3 Å². The molecule has 6 nitrogen and oxygen atoms in total. The van der Waals surface area contributed by atoms with Crippen molar-refractivity contribution < 1.29 is 27.9 Å². The molecular weight excluding hydrogens is 454 g/mol. The molecule has 9 heteroatoms. The Bertz CT molecular complexity index is 1420. The number of anilines is 1. The fourth-order valence-corrected chi connectivity index (χ4v) is 3.29. The van der Waals surface area contributed by atoms with Gasteiger partial charge in [0.05, 0.1) is 17.0 Å². The second-order valence-corrected chi connectivity index (χ2v) is 7.49. The van der Waals surface area contributed by atoms with E-state index in [1.807, 2.05) is 0 Å². The number of halogens is 3. The van der Waals surface area contributed by atoms with E-state index in [4.69, 9.17) is 21.1 Å². The number of oxazole rings is 1. The zero-order valence-corrected chi connectivity index (χ0v) is 17.6. The topological polar surface area (TPSA) is 92.4 Å². The van der Waals surface area contributed by atoms with Crippen molar-refractivity contribution in [2.75, 3.05) is 5.32 Å². The number of nitrogens with one attached hydrogen (secondary N) is 1. The molecule has 0 aliphatic heterocycles. The number of hydrogen-bond donors (Lipinski definition) is 2. The Morgan fingerprint density at radius 3 is 2.61 bits per heavy atom. The lowest BCUT2D eigenvalue weighted by atomic mass is 10.1. The number of aliphatic carboxylic acids is 1. The fourth-order valence-electron chi connectivity index (χ4n) is 3.11. The third-order valence-electron chi connectivity index (χ3n) is 4.65. The maximum Gasteiger partial charge on any atom is 0.307 e. The van der Waals surface area contributed by atoms with Gasteiger partial charge in [-0.2, -0.15) is 0 Å². The summed E-state index contributed by atoms with van der Waals surface area (Å²) in [5.41, 5.74) is 2.23. The lowest BCUT2D eigenvalue weighted by molar-refractivity contribution is -0.136. The standard InChI is InChI=1S/C24H15ClF2N2O4/c25-17-12-15(4-6-18(17)26)28-22(30)8-3-13-1-5-16(19(27)9-13)24-29-20-10-14(11-23(31)32)2-7-21(20)33-24/h1-10,12H,11H2,(H,28,30)(H,31,32)/b8-3+. The first kappa shape index (κ1) is 22.2. The van der Waals surface area contributed by atoms with Gasteiger partial charge in [0.1, 0.15) is 17.2 Å².